The van der Waals surface area contributed by atoms with Crippen LogP contribution in [0.2, 0.25) is 0 Å². The summed E-state index contributed by atoms with van der Waals surface area (Å²) in [6.07, 6.45) is 0. The normalized spacial score (nSPS) is 11.6. The molecule has 0 spiro atoms. The standard InChI is InChI=1S/C33H38OP/c1-21-10-13-24(4)30(16-21)35(31-17-22(2)11-14-25(31)5,32-18-23(3)12-15-26(32)6)33-27(7)19-29(34-9)20-28(33)8/h10-20H,1-9H3/q+1. The summed E-state index contributed by atoms with van der Waals surface area (Å²) >= 11 is 0. The van der Waals surface area contributed by atoms with Crippen molar-refractivity contribution in [1.29, 1.82) is 0 Å². The van der Waals surface area contributed by atoms with Crippen molar-refractivity contribution in [3.8, 4) is 5.75 Å². The van der Waals surface area contributed by atoms with Crippen LogP contribution in [0, 0.1) is 55.4 Å². The van der Waals surface area contributed by atoms with Crippen LogP contribution in [0.4, 0.5) is 0 Å². The van der Waals surface area contributed by atoms with Gasteiger partial charge in [0, 0.05) is 0 Å². The summed E-state index contributed by atoms with van der Waals surface area (Å²) in [7, 11) is -0.500. The average molecular weight is 482 g/mol. The van der Waals surface area contributed by atoms with Crippen LogP contribution in [0.3, 0.4) is 0 Å². The van der Waals surface area contributed by atoms with E-state index in [0.29, 0.717) is 0 Å². The van der Waals surface area contributed by atoms with Crippen molar-refractivity contribution in [2.75, 3.05) is 7.11 Å². The number of hydrogen-bond donors (Lipinski definition) is 0. The first-order valence-electron chi connectivity index (χ1n) is 12.4. The van der Waals surface area contributed by atoms with Gasteiger partial charge in [0.1, 0.15) is 34.2 Å². The molecule has 0 fully saturated rings. The Balaban J connectivity index is 2.36. The van der Waals surface area contributed by atoms with Crippen molar-refractivity contribution < 1.29 is 4.74 Å². The molecule has 0 amide bonds. The number of ether oxygens (including phenoxy) is 1. The molecule has 0 aromatic heterocycles. The smallest absolute Gasteiger partial charge is 0.145 e. The van der Waals surface area contributed by atoms with Crippen molar-refractivity contribution in [3.63, 3.8) is 0 Å². The van der Waals surface area contributed by atoms with Crippen LogP contribution >= 0.6 is 7.26 Å². The predicted molar refractivity (Wildman–Crippen MR) is 156 cm³/mol. The molecule has 0 aliphatic carbocycles. The molecule has 0 aliphatic heterocycles. The number of aryl methyl sites for hydroxylation is 8. The zero-order valence-electron chi connectivity index (χ0n) is 22.7. The fraction of sp³-hybridized carbons (Fsp3) is 0.273. The summed E-state index contributed by atoms with van der Waals surface area (Å²) in [4.78, 5) is 0. The Kier molecular flexibility index (Phi) is 6.94. The highest BCUT2D eigenvalue weighted by atomic mass is 31.2. The Hall–Kier alpha value is -2.89. The topological polar surface area (TPSA) is 9.23 Å². The van der Waals surface area contributed by atoms with E-state index in [1.807, 2.05) is 0 Å². The quantitative estimate of drug-likeness (QED) is 0.286. The van der Waals surface area contributed by atoms with Crippen LogP contribution < -0.4 is 26.0 Å². The Morgan fingerprint density at radius 3 is 1.11 bits per heavy atom. The highest BCUT2D eigenvalue weighted by Gasteiger charge is 2.52. The Morgan fingerprint density at radius 1 is 0.457 bits per heavy atom. The average Bonchev–Trinajstić information content (AvgIpc) is 2.81. The van der Waals surface area contributed by atoms with Crippen LogP contribution in [0.25, 0.3) is 0 Å². The highest BCUT2D eigenvalue weighted by molar-refractivity contribution is 8.02. The van der Waals surface area contributed by atoms with Crippen molar-refractivity contribution in [2.24, 2.45) is 0 Å². The van der Waals surface area contributed by atoms with Gasteiger partial charge in [0.2, 0.25) is 0 Å². The maximum Gasteiger partial charge on any atom is 0.145 e. The van der Waals surface area contributed by atoms with E-state index in [4.69, 9.17) is 4.74 Å². The number of benzene rings is 4. The summed E-state index contributed by atoms with van der Waals surface area (Å²) in [5.74, 6) is 0.921. The third-order valence-corrected chi connectivity index (χ3v) is 12.2. The van der Waals surface area contributed by atoms with Gasteiger partial charge in [-0.3, -0.25) is 0 Å². The summed E-state index contributed by atoms with van der Waals surface area (Å²) in [5.41, 5.74) is 10.5. The molecular formula is C33H38OP+. The first kappa shape index (κ1) is 25.2. The van der Waals surface area contributed by atoms with Gasteiger partial charge < -0.3 is 4.74 Å². The SMILES string of the molecule is COc1cc(C)c([P+](c2cc(C)ccc2C)(c2cc(C)ccc2C)c2cc(C)ccc2C)c(C)c1. The predicted octanol–water partition coefficient (Wildman–Crippen LogP) is 6.78. The molecule has 2 heteroatoms. The third-order valence-electron chi connectivity index (χ3n) is 7.21. The van der Waals surface area contributed by atoms with E-state index in [1.165, 1.54) is 65.7 Å². The monoisotopic (exact) mass is 481 g/mol. The largest absolute Gasteiger partial charge is 0.497 e. The zero-order chi connectivity index (χ0) is 25.5. The first-order chi connectivity index (χ1) is 16.6. The minimum absolute atomic E-state index is 0.921. The van der Waals surface area contributed by atoms with E-state index >= 15 is 0 Å². The maximum absolute atomic E-state index is 5.70. The number of hydrogen-bond acceptors (Lipinski definition) is 1. The molecule has 0 atom stereocenters. The van der Waals surface area contributed by atoms with Gasteiger partial charge in [-0.15, -0.1) is 0 Å². The molecule has 35 heavy (non-hydrogen) atoms. The molecule has 0 radical (unpaired) electrons. The van der Waals surface area contributed by atoms with Crippen molar-refractivity contribution >= 4 is 28.5 Å². The minimum Gasteiger partial charge on any atom is -0.497 e. The second-order valence-corrected chi connectivity index (χ2v) is 13.4. The molecule has 4 aromatic rings. The molecule has 4 rings (SSSR count). The molecule has 0 N–H and O–H groups in total. The lowest BCUT2D eigenvalue weighted by atomic mass is 10.1. The van der Waals surface area contributed by atoms with Crippen LogP contribution in [0.15, 0.2) is 66.7 Å². The molecular weight excluding hydrogens is 443 g/mol. The van der Waals surface area contributed by atoms with E-state index in [9.17, 15) is 0 Å². The molecule has 0 saturated heterocycles. The molecule has 1 nitrogen and oxygen atoms in total. The van der Waals surface area contributed by atoms with Crippen LogP contribution in [-0.2, 0) is 0 Å². The van der Waals surface area contributed by atoms with E-state index in [-0.39, 0.29) is 0 Å². The van der Waals surface area contributed by atoms with Gasteiger partial charge in [-0.1, -0.05) is 36.4 Å². The first-order valence-corrected chi connectivity index (χ1v) is 14.2. The highest BCUT2D eigenvalue weighted by Crippen LogP contribution is 2.58. The Bertz CT molecular complexity index is 1260. The fourth-order valence-electron chi connectivity index (χ4n) is 5.56. The maximum atomic E-state index is 5.70. The summed E-state index contributed by atoms with van der Waals surface area (Å²) < 4.78 is 5.70. The minimum atomic E-state index is -2.26. The Labute approximate surface area is 212 Å². The molecule has 0 bridgehead atoms. The van der Waals surface area contributed by atoms with Gasteiger partial charge >= 0.3 is 0 Å². The third kappa shape index (κ3) is 4.32. The van der Waals surface area contributed by atoms with Gasteiger partial charge in [-0.05, 0) is 130 Å². The van der Waals surface area contributed by atoms with Crippen LogP contribution in [0.5, 0.6) is 5.75 Å². The summed E-state index contributed by atoms with van der Waals surface area (Å²) in [5, 5.41) is 5.82. The Morgan fingerprint density at radius 2 is 0.800 bits per heavy atom. The van der Waals surface area contributed by atoms with Gasteiger partial charge in [0.25, 0.3) is 0 Å². The lowest BCUT2D eigenvalue weighted by Gasteiger charge is -2.34. The van der Waals surface area contributed by atoms with Gasteiger partial charge in [-0.2, -0.15) is 0 Å². The molecule has 4 aromatic carbocycles. The molecule has 0 unspecified atom stereocenters. The van der Waals surface area contributed by atoms with E-state index in [2.05, 4.69) is 122 Å². The fourth-order valence-corrected chi connectivity index (χ4v) is 11.2. The van der Waals surface area contributed by atoms with E-state index in [0.717, 1.165) is 5.75 Å². The lowest BCUT2D eigenvalue weighted by molar-refractivity contribution is 0.414. The van der Waals surface area contributed by atoms with E-state index in [1.54, 1.807) is 7.11 Å². The van der Waals surface area contributed by atoms with Crippen LogP contribution in [-0.4, -0.2) is 7.11 Å². The van der Waals surface area contributed by atoms with Gasteiger partial charge in [-0.25, -0.2) is 0 Å². The second kappa shape index (κ2) is 9.63. The lowest BCUT2D eigenvalue weighted by Crippen LogP contribution is -2.43. The van der Waals surface area contributed by atoms with E-state index < -0.39 is 7.26 Å². The number of methoxy groups -OCH3 is 1. The van der Waals surface area contributed by atoms with Gasteiger partial charge in [0.15, 0.2) is 0 Å². The summed E-state index contributed by atoms with van der Waals surface area (Å²) in [6, 6.07) is 25.5. The van der Waals surface area contributed by atoms with Crippen molar-refractivity contribution in [2.45, 2.75) is 55.4 Å². The second-order valence-electron chi connectivity index (χ2n) is 10.2. The van der Waals surface area contributed by atoms with Crippen molar-refractivity contribution in [1.82, 2.24) is 0 Å². The summed E-state index contributed by atoms with van der Waals surface area (Å²) in [6.45, 7) is 18.0. The molecule has 0 aliphatic rings. The molecule has 180 valence electrons. The number of rotatable bonds is 5. The van der Waals surface area contributed by atoms with Crippen LogP contribution in [0.1, 0.15) is 44.5 Å². The molecule has 0 saturated carbocycles. The zero-order valence-corrected chi connectivity index (χ0v) is 23.6. The molecule has 0 heterocycles. The van der Waals surface area contributed by atoms with Crippen molar-refractivity contribution in [3.05, 3.63) is 111 Å². The van der Waals surface area contributed by atoms with Gasteiger partial charge in [0.05, 0.1) is 7.11 Å².